The quantitative estimate of drug-likeness (QED) is 0.590. The third kappa shape index (κ3) is 5.39. The molecule has 2 aromatic carbocycles. The van der Waals surface area contributed by atoms with Crippen molar-refractivity contribution in [2.75, 3.05) is 32.2 Å². The predicted molar refractivity (Wildman–Crippen MR) is 124 cm³/mol. The number of methoxy groups -OCH3 is 2. The molecule has 1 saturated heterocycles. The highest BCUT2D eigenvalue weighted by molar-refractivity contribution is 5.79. The number of aromatic nitrogens is 2. The van der Waals surface area contributed by atoms with E-state index in [1.54, 1.807) is 38.6 Å². The van der Waals surface area contributed by atoms with E-state index in [0.717, 1.165) is 36.3 Å². The average molecular weight is 451 g/mol. The van der Waals surface area contributed by atoms with Gasteiger partial charge in [-0.15, -0.1) is 0 Å². The fourth-order valence-corrected chi connectivity index (χ4v) is 3.99. The summed E-state index contributed by atoms with van der Waals surface area (Å²) in [5, 5.41) is 3.04. The smallest absolute Gasteiger partial charge is 0.225 e. The number of benzene rings is 2. The van der Waals surface area contributed by atoms with Gasteiger partial charge in [0.1, 0.15) is 23.1 Å². The number of anilines is 1. The second kappa shape index (κ2) is 10.3. The molecule has 8 heteroatoms. The molecule has 2 heterocycles. The van der Waals surface area contributed by atoms with Crippen LogP contribution in [0.1, 0.15) is 18.4 Å². The van der Waals surface area contributed by atoms with E-state index in [-0.39, 0.29) is 17.6 Å². The van der Waals surface area contributed by atoms with Crippen LogP contribution in [0.4, 0.5) is 10.2 Å². The molecule has 0 aliphatic carbocycles. The number of halogens is 1. The zero-order valence-corrected chi connectivity index (χ0v) is 18.8. The van der Waals surface area contributed by atoms with E-state index in [1.165, 1.54) is 12.1 Å². The number of hydrogen-bond donors (Lipinski definition) is 1. The Hall–Kier alpha value is -3.68. The largest absolute Gasteiger partial charge is 0.497 e. The lowest BCUT2D eigenvalue weighted by atomic mass is 9.97. The lowest BCUT2D eigenvalue weighted by Gasteiger charge is -2.33. The van der Waals surface area contributed by atoms with Crippen molar-refractivity contribution >= 4 is 11.7 Å². The Morgan fingerprint density at radius 1 is 1.15 bits per heavy atom. The number of nitrogens with one attached hydrogen (secondary N) is 1. The van der Waals surface area contributed by atoms with Crippen LogP contribution in [-0.2, 0) is 11.3 Å². The second-order valence-corrected chi connectivity index (χ2v) is 7.93. The highest BCUT2D eigenvalue weighted by Crippen LogP contribution is 2.26. The molecule has 1 aliphatic rings. The Balaban J connectivity index is 1.41. The maximum absolute atomic E-state index is 13.2. The Morgan fingerprint density at radius 2 is 1.97 bits per heavy atom. The minimum absolute atomic E-state index is 0.00499. The predicted octanol–water partition coefficient (Wildman–Crippen LogP) is 3.83. The van der Waals surface area contributed by atoms with E-state index in [2.05, 4.69) is 20.2 Å². The van der Waals surface area contributed by atoms with Crippen molar-refractivity contribution < 1.29 is 18.7 Å². The molecule has 33 heavy (non-hydrogen) atoms. The van der Waals surface area contributed by atoms with Crippen molar-refractivity contribution in [3.05, 3.63) is 66.1 Å². The van der Waals surface area contributed by atoms with Crippen molar-refractivity contribution in [3.8, 4) is 22.9 Å². The fraction of sp³-hybridized carbons (Fsp3) is 0.320. The number of rotatable bonds is 7. The second-order valence-electron chi connectivity index (χ2n) is 7.93. The van der Waals surface area contributed by atoms with Crippen molar-refractivity contribution in [2.24, 2.45) is 5.92 Å². The highest BCUT2D eigenvalue weighted by Gasteiger charge is 2.27. The molecule has 0 bridgehead atoms. The Morgan fingerprint density at radius 3 is 2.73 bits per heavy atom. The summed E-state index contributed by atoms with van der Waals surface area (Å²) in [5.41, 5.74) is 1.64. The summed E-state index contributed by atoms with van der Waals surface area (Å²) < 4.78 is 23.9. The first-order valence-electron chi connectivity index (χ1n) is 10.9. The minimum Gasteiger partial charge on any atom is -0.497 e. The third-order valence-electron chi connectivity index (χ3n) is 5.81. The van der Waals surface area contributed by atoms with Gasteiger partial charge in [-0.2, -0.15) is 0 Å². The zero-order chi connectivity index (χ0) is 23.2. The first-order chi connectivity index (χ1) is 16.1. The van der Waals surface area contributed by atoms with E-state index in [9.17, 15) is 9.18 Å². The van der Waals surface area contributed by atoms with Gasteiger partial charge in [-0.25, -0.2) is 14.4 Å². The van der Waals surface area contributed by atoms with Gasteiger partial charge in [0.05, 0.1) is 20.1 Å². The normalized spacial score (nSPS) is 15.7. The summed E-state index contributed by atoms with van der Waals surface area (Å²) in [6.45, 7) is 1.77. The summed E-state index contributed by atoms with van der Waals surface area (Å²) in [6, 6.07) is 13.5. The zero-order valence-electron chi connectivity index (χ0n) is 18.8. The van der Waals surface area contributed by atoms with Crippen LogP contribution in [0.5, 0.6) is 11.5 Å². The van der Waals surface area contributed by atoms with Gasteiger partial charge in [0.25, 0.3) is 0 Å². The van der Waals surface area contributed by atoms with Crippen molar-refractivity contribution in [1.29, 1.82) is 0 Å². The summed E-state index contributed by atoms with van der Waals surface area (Å²) in [6.07, 6.45) is 3.40. The standard InChI is InChI=1S/C25H27FN4O3/c1-32-21-10-7-18(22(14-21)33-2)15-28-25(31)19-4-3-13-30(16-19)23-11-12-27-24(29-23)17-5-8-20(26)9-6-17/h5-12,14,19H,3-4,13,15-16H2,1-2H3,(H,28,31). The van der Waals surface area contributed by atoms with Crippen LogP contribution in [0, 0.1) is 11.7 Å². The van der Waals surface area contributed by atoms with Crippen molar-refractivity contribution in [3.63, 3.8) is 0 Å². The lowest BCUT2D eigenvalue weighted by molar-refractivity contribution is -0.125. The molecular formula is C25H27FN4O3. The first-order valence-corrected chi connectivity index (χ1v) is 10.9. The van der Waals surface area contributed by atoms with Gasteiger partial charge in [-0.1, -0.05) is 0 Å². The van der Waals surface area contributed by atoms with Crippen LogP contribution >= 0.6 is 0 Å². The molecular weight excluding hydrogens is 423 g/mol. The van der Waals surface area contributed by atoms with E-state index in [4.69, 9.17) is 9.47 Å². The number of hydrogen-bond acceptors (Lipinski definition) is 6. The third-order valence-corrected chi connectivity index (χ3v) is 5.81. The number of carbonyl (C=O) groups excluding carboxylic acids is 1. The number of amides is 1. The minimum atomic E-state index is -0.299. The van der Waals surface area contributed by atoms with Crippen LogP contribution in [0.3, 0.4) is 0 Å². The molecule has 0 radical (unpaired) electrons. The SMILES string of the molecule is COc1ccc(CNC(=O)C2CCCN(c3ccnc(-c4ccc(F)cc4)n3)C2)c(OC)c1. The summed E-state index contributed by atoms with van der Waals surface area (Å²) in [4.78, 5) is 24.0. The molecule has 1 aliphatic heterocycles. The van der Waals surface area contributed by atoms with Crippen molar-refractivity contribution in [1.82, 2.24) is 15.3 Å². The average Bonchev–Trinajstić information content (AvgIpc) is 2.87. The number of nitrogens with zero attached hydrogens (tertiary/aromatic N) is 3. The molecule has 1 amide bonds. The number of carbonyl (C=O) groups is 1. The topological polar surface area (TPSA) is 76.6 Å². The molecule has 1 unspecified atom stereocenters. The molecule has 3 aromatic rings. The van der Waals surface area contributed by atoms with Crippen LogP contribution in [-0.4, -0.2) is 43.2 Å². The molecule has 1 atom stereocenters. The highest BCUT2D eigenvalue weighted by atomic mass is 19.1. The van der Waals surface area contributed by atoms with Crippen molar-refractivity contribution in [2.45, 2.75) is 19.4 Å². The van der Waals surface area contributed by atoms with Crippen LogP contribution < -0.4 is 19.7 Å². The Bertz CT molecular complexity index is 1110. The Labute approximate surface area is 192 Å². The van der Waals surface area contributed by atoms with Gasteiger partial charge < -0.3 is 19.7 Å². The number of piperidine rings is 1. The molecule has 1 fully saturated rings. The van der Waals surface area contributed by atoms with E-state index in [1.807, 2.05) is 18.2 Å². The fourth-order valence-electron chi connectivity index (χ4n) is 3.99. The van der Waals surface area contributed by atoms with Crippen LogP contribution in [0.2, 0.25) is 0 Å². The molecule has 1 aromatic heterocycles. The van der Waals surface area contributed by atoms with Gasteiger partial charge in [0.2, 0.25) is 5.91 Å². The molecule has 0 saturated carbocycles. The maximum atomic E-state index is 13.2. The summed E-state index contributed by atoms with van der Waals surface area (Å²) in [7, 11) is 3.20. The molecule has 7 nitrogen and oxygen atoms in total. The first kappa shape index (κ1) is 22.5. The van der Waals surface area contributed by atoms with E-state index >= 15 is 0 Å². The van der Waals surface area contributed by atoms with Gasteiger partial charge in [-0.05, 0) is 55.3 Å². The lowest BCUT2D eigenvalue weighted by Crippen LogP contribution is -2.43. The molecule has 1 N–H and O–H groups in total. The van der Waals surface area contributed by atoms with Crippen LogP contribution in [0.25, 0.3) is 11.4 Å². The van der Waals surface area contributed by atoms with Crippen LogP contribution in [0.15, 0.2) is 54.7 Å². The number of ether oxygens (including phenoxy) is 2. The van der Waals surface area contributed by atoms with Gasteiger partial charge in [0.15, 0.2) is 5.82 Å². The molecule has 172 valence electrons. The summed E-state index contributed by atoms with van der Waals surface area (Å²) in [5.74, 6) is 2.23. The molecule has 4 rings (SSSR count). The van der Waals surface area contributed by atoms with E-state index < -0.39 is 0 Å². The van der Waals surface area contributed by atoms with E-state index in [0.29, 0.717) is 30.4 Å². The monoisotopic (exact) mass is 450 g/mol. The molecule has 0 spiro atoms. The summed E-state index contributed by atoms with van der Waals surface area (Å²) >= 11 is 0. The van der Waals surface area contributed by atoms with Gasteiger partial charge >= 0.3 is 0 Å². The van der Waals surface area contributed by atoms with Gasteiger partial charge in [-0.3, -0.25) is 4.79 Å². The maximum Gasteiger partial charge on any atom is 0.225 e. The Kier molecular flexibility index (Phi) is 7.02. The van der Waals surface area contributed by atoms with Gasteiger partial charge in [0, 0.05) is 43.0 Å².